The molecule has 0 aromatic heterocycles. The molecular weight excluding hydrogens is 354 g/mol. The smallest absolute Gasteiger partial charge is 0.251 e. The zero-order valence-corrected chi connectivity index (χ0v) is 17.7. The second-order valence-electron chi connectivity index (χ2n) is 7.11. The quantitative estimate of drug-likeness (QED) is 0.646. The topological polar surface area (TPSA) is 56.8 Å². The molecule has 0 spiro atoms. The lowest BCUT2D eigenvalue weighted by atomic mass is 9.96. The van der Waals surface area contributed by atoms with Gasteiger partial charge in [-0.2, -0.15) is 0 Å². The van der Waals surface area contributed by atoms with E-state index < -0.39 is 0 Å². The molecule has 0 fully saturated rings. The SMILES string of the molecule is COc1ccc(CCCNC(=O)c2cc(C(C)C)c(OC)cc2C)cc1OC. The molecule has 5 heteroatoms. The number of amides is 1. The molecule has 2 aromatic carbocycles. The number of hydrogen-bond donors (Lipinski definition) is 1. The number of carbonyl (C=O) groups excluding carboxylic acids is 1. The average Bonchev–Trinajstić information content (AvgIpc) is 2.70. The molecule has 1 N–H and O–H groups in total. The molecule has 0 unspecified atom stereocenters. The maximum Gasteiger partial charge on any atom is 0.251 e. The molecule has 0 aliphatic rings. The summed E-state index contributed by atoms with van der Waals surface area (Å²) in [5, 5.41) is 3.03. The molecule has 28 heavy (non-hydrogen) atoms. The summed E-state index contributed by atoms with van der Waals surface area (Å²) >= 11 is 0. The number of hydrogen-bond acceptors (Lipinski definition) is 4. The fourth-order valence-corrected chi connectivity index (χ4v) is 3.20. The van der Waals surface area contributed by atoms with E-state index in [0.717, 1.165) is 46.8 Å². The highest BCUT2D eigenvalue weighted by Gasteiger charge is 2.15. The molecule has 2 rings (SSSR count). The van der Waals surface area contributed by atoms with E-state index in [1.165, 1.54) is 0 Å². The monoisotopic (exact) mass is 385 g/mol. The fraction of sp³-hybridized carbons (Fsp3) is 0.435. The lowest BCUT2D eigenvalue weighted by Gasteiger charge is -2.16. The van der Waals surface area contributed by atoms with Gasteiger partial charge in [-0.15, -0.1) is 0 Å². The van der Waals surface area contributed by atoms with Crippen molar-refractivity contribution in [3.63, 3.8) is 0 Å². The second-order valence-corrected chi connectivity index (χ2v) is 7.11. The minimum Gasteiger partial charge on any atom is -0.496 e. The summed E-state index contributed by atoms with van der Waals surface area (Å²) in [5.74, 6) is 2.51. The summed E-state index contributed by atoms with van der Waals surface area (Å²) in [6, 6.07) is 9.78. The predicted molar refractivity (Wildman–Crippen MR) is 112 cm³/mol. The zero-order valence-electron chi connectivity index (χ0n) is 17.7. The predicted octanol–water partition coefficient (Wildman–Crippen LogP) is 4.51. The van der Waals surface area contributed by atoms with E-state index in [9.17, 15) is 4.79 Å². The second kappa shape index (κ2) is 10.0. The highest BCUT2D eigenvalue weighted by molar-refractivity contribution is 5.96. The Balaban J connectivity index is 1.97. The first-order valence-corrected chi connectivity index (χ1v) is 9.58. The molecule has 1 amide bonds. The minimum absolute atomic E-state index is 0.0469. The summed E-state index contributed by atoms with van der Waals surface area (Å²) in [7, 11) is 4.91. The van der Waals surface area contributed by atoms with Crippen LogP contribution in [0, 0.1) is 6.92 Å². The first kappa shape index (κ1) is 21.6. The van der Waals surface area contributed by atoms with E-state index in [2.05, 4.69) is 19.2 Å². The Morgan fingerprint density at radius 3 is 2.25 bits per heavy atom. The fourth-order valence-electron chi connectivity index (χ4n) is 3.20. The van der Waals surface area contributed by atoms with Gasteiger partial charge >= 0.3 is 0 Å². The van der Waals surface area contributed by atoms with Gasteiger partial charge in [-0.05, 0) is 66.6 Å². The van der Waals surface area contributed by atoms with Crippen molar-refractivity contribution in [2.45, 2.75) is 39.5 Å². The molecule has 2 aromatic rings. The Labute approximate surface area is 168 Å². The number of nitrogens with one attached hydrogen (secondary N) is 1. The van der Waals surface area contributed by atoms with Gasteiger partial charge in [0.15, 0.2) is 11.5 Å². The van der Waals surface area contributed by atoms with Gasteiger partial charge < -0.3 is 19.5 Å². The highest BCUT2D eigenvalue weighted by atomic mass is 16.5. The lowest BCUT2D eigenvalue weighted by Crippen LogP contribution is -2.25. The van der Waals surface area contributed by atoms with Gasteiger partial charge in [0.05, 0.1) is 21.3 Å². The normalized spacial score (nSPS) is 10.7. The van der Waals surface area contributed by atoms with Gasteiger partial charge in [-0.1, -0.05) is 19.9 Å². The van der Waals surface area contributed by atoms with Gasteiger partial charge in [0.2, 0.25) is 0 Å². The van der Waals surface area contributed by atoms with Crippen LogP contribution in [0.15, 0.2) is 30.3 Å². The average molecular weight is 386 g/mol. The van der Waals surface area contributed by atoms with Gasteiger partial charge in [0, 0.05) is 12.1 Å². The van der Waals surface area contributed by atoms with E-state index in [-0.39, 0.29) is 11.8 Å². The van der Waals surface area contributed by atoms with Crippen LogP contribution >= 0.6 is 0 Å². The van der Waals surface area contributed by atoms with Crippen molar-refractivity contribution in [2.75, 3.05) is 27.9 Å². The van der Waals surface area contributed by atoms with Crippen molar-refractivity contribution in [2.24, 2.45) is 0 Å². The van der Waals surface area contributed by atoms with E-state index in [1.807, 2.05) is 37.3 Å². The largest absolute Gasteiger partial charge is 0.496 e. The molecular formula is C23H31NO4. The van der Waals surface area contributed by atoms with E-state index in [0.29, 0.717) is 12.1 Å². The Bertz CT molecular complexity index is 814. The number of carbonyl (C=O) groups is 1. The number of ether oxygens (including phenoxy) is 3. The van der Waals surface area contributed by atoms with Crippen molar-refractivity contribution in [1.82, 2.24) is 5.32 Å². The molecule has 0 saturated heterocycles. The number of methoxy groups -OCH3 is 3. The molecule has 152 valence electrons. The summed E-state index contributed by atoms with van der Waals surface area (Å²) in [4.78, 5) is 12.6. The third-order valence-electron chi connectivity index (χ3n) is 4.82. The first-order valence-electron chi connectivity index (χ1n) is 9.58. The van der Waals surface area contributed by atoms with Gasteiger partial charge in [-0.25, -0.2) is 0 Å². The molecule has 0 atom stereocenters. The van der Waals surface area contributed by atoms with Crippen LogP contribution in [-0.2, 0) is 6.42 Å². The van der Waals surface area contributed by atoms with Crippen LogP contribution in [0.4, 0.5) is 0 Å². The van der Waals surface area contributed by atoms with Crippen LogP contribution in [0.2, 0.25) is 0 Å². The summed E-state index contributed by atoms with van der Waals surface area (Å²) < 4.78 is 16.1. The van der Waals surface area contributed by atoms with Crippen molar-refractivity contribution in [1.29, 1.82) is 0 Å². The lowest BCUT2D eigenvalue weighted by molar-refractivity contribution is 0.0952. The molecule has 0 aliphatic heterocycles. The third kappa shape index (κ3) is 5.18. The maximum absolute atomic E-state index is 12.6. The summed E-state index contributed by atoms with van der Waals surface area (Å²) in [6.07, 6.45) is 1.69. The standard InChI is InChI=1S/C23H31NO4/c1-15(2)18-14-19(16(3)12-21(18)27-5)23(25)24-11-7-8-17-9-10-20(26-4)22(13-17)28-6/h9-10,12-15H,7-8,11H2,1-6H3,(H,24,25). The van der Waals surface area contributed by atoms with Crippen LogP contribution < -0.4 is 19.5 Å². The minimum atomic E-state index is -0.0469. The van der Waals surface area contributed by atoms with Gasteiger partial charge in [-0.3, -0.25) is 4.79 Å². The summed E-state index contributed by atoms with van der Waals surface area (Å²) in [6.45, 7) is 6.73. The van der Waals surface area contributed by atoms with Crippen LogP contribution in [-0.4, -0.2) is 33.8 Å². The molecule has 0 heterocycles. The van der Waals surface area contributed by atoms with Gasteiger partial charge in [0.1, 0.15) is 5.75 Å². The van der Waals surface area contributed by atoms with Crippen molar-refractivity contribution < 1.29 is 19.0 Å². The Morgan fingerprint density at radius 1 is 0.964 bits per heavy atom. The first-order chi connectivity index (χ1) is 13.4. The highest BCUT2D eigenvalue weighted by Crippen LogP contribution is 2.30. The van der Waals surface area contributed by atoms with E-state index >= 15 is 0 Å². The molecule has 5 nitrogen and oxygen atoms in total. The summed E-state index contributed by atoms with van der Waals surface area (Å²) in [5.41, 5.74) is 3.81. The van der Waals surface area contributed by atoms with Crippen molar-refractivity contribution in [3.8, 4) is 17.2 Å². The Kier molecular flexibility index (Phi) is 7.73. The van der Waals surface area contributed by atoms with Crippen LogP contribution in [0.1, 0.15) is 53.2 Å². The van der Waals surface area contributed by atoms with E-state index in [4.69, 9.17) is 14.2 Å². The molecule has 0 radical (unpaired) electrons. The Hall–Kier alpha value is -2.69. The van der Waals surface area contributed by atoms with Crippen LogP contribution in [0.5, 0.6) is 17.2 Å². The maximum atomic E-state index is 12.6. The third-order valence-corrected chi connectivity index (χ3v) is 4.82. The number of benzene rings is 2. The zero-order chi connectivity index (χ0) is 20.7. The molecule has 0 saturated carbocycles. The van der Waals surface area contributed by atoms with Crippen LogP contribution in [0.3, 0.4) is 0 Å². The van der Waals surface area contributed by atoms with Crippen molar-refractivity contribution in [3.05, 3.63) is 52.6 Å². The molecule has 0 aliphatic carbocycles. The molecule has 0 bridgehead atoms. The van der Waals surface area contributed by atoms with E-state index in [1.54, 1.807) is 21.3 Å². The number of aryl methyl sites for hydroxylation is 2. The van der Waals surface area contributed by atoms with Crippen molar-refractivity contribution >= 4 is 5.91 Å². The van der Waals surface area contributed by atoms with Crippen LogP contribution in [0.25, 0.3) is 0 Å². The number of rotatable bonds is 9. The Morgan fingerprint density at radius 2 is 1.64 bits per heavy atom. The van der Waals surface area contributed by atoms with Gasteiger partial charge in [0.25, 0.3) is 5.91 Å².